The molecule has 0 aliphatic heterocycles. The number of carbonyl (C=O) groups excluding carboxylic acids is 1. The van der Waals surface area contributed by atoms with Crippen LogP contribution in [0.25, 0.3) is 11.0 Å². The quantitative estimate of drug-likeness (QED) is 0.333. The number of amides is 1. The Bertz CT molecular complexity index is 507. The maximum absolute atomic E-state index is 11.0. The minimum absolute atomic E-state index is 0.132. The fourth-order valence-electron chi connectivity index (χ4n) is 1.64. The smallest absolute Gasteiger partial charge is 0.233 e. The summed E-state index contributed by atoms with van der Waals surface area (Å²) in [7, 11) is 0. The van der Waals surface area contributed by atoms with E-state index in [1.165, 1.54) is 0 Å². The second kappa shape index (κ2) is 5.88. The van der Waals surface area contributed by atoms with Crippen molar-refractivity contribution in [2.75, 3.05) is 0 Å². The molecule has 1 unspecified atom stereocenters. The van der Waals surface area contributed by atoms with E-state index in [2.05, 4.69) is 22.3 Å². The van der Waals surface area contributed by atoms with E-state index < -0.39 is 0 Å². The van der Waals surface area contributed by atoms with E-state index in [0.717, 1.165) is 22.6 Å². The van der Waals surface area contributed by atoms with E-state index in [9.17, 15) is 4.79 Å². The lowest BCUT2D eigenvalue weighted by Crippen LogP contribution is -2.30. The van der Waals surface area contributed by atoms with Crippen molar-refractivity contribution >= 4 is 28.7 Å². The number of nitrogens with two attached hydrogens (primary N) is 1. The molecule has 0 saturated carbocycles. The second-order valence-corrected chi connectivity index (χ2v) is 5.52. The fourth-order valence-corrected chi connectivity index (χ4v) is 2.58. The summed E-state index contributed by atoms with van der Waals surface area (Å²) in [6.45, 7) is 2.07. The lowest BCUT2D eigenvalue weighted by atomic mass is 10.2. The highest BCUT2D eigenvalue weighted by molar-refractivity contribution is 7.99. The summed E-state index contributed by atoms with van der Waals surface area (Å²) < 4.78 is 0. The third-order valence-electron chi connectivity index (χ3n) is 2.62. The Morgan fingerprint density at radius 2 is 2.33 bits per heavy atom. The normalized spacial score (nSPS) is 12.6. The zero-order valence-corrected chi connectivity index (χ0v) is 11.0. The predicted molar refractivity (Wildman–Crippen MR) is 73.0 cm³/mol. The van der Waals surface area contributed by atoms with Crippen LogP contribution in [0.2, 0.25) is 0 Å². The van der Waals surface area contributed by atoms with Crippen LogP contribution in [0, 0.1) is 0 Å². The molecule has 1 atom stereocenters. The van der Waals surface area contributed by atoms with Crippen LogP contribution in [0.3, 0.4) is 0 Å². The van der Waals surface area contributed by atoms with E-state index in [0.29, 0.717) is 11.7 Å². The molecule has 1 aromatic heterocycles. The highest BCUT2D eigenvalue weighted by Crippen LogP contribution is 2.25. The molecule has 6 heteroatoms. The number of aromatic amines is 1. The van der Waals surface area contributed by atoms with Crippen molar-refractivity contribution in [3.63, 3.8) is 0 Å². The maximum atomic E-state index is 11.0. The molecule has 1 amide bonds. The summed E-state index contributed by atoms with van der Waals surface area (Å²) in [5, 5.41) is 1.19. The average Bonchev–Trinajstić information content (AvgIpc) is 2.77. The number of hydrazine groups is 1. The zero-order chi connectivity index (χ0) is 13.0. The van der Waals surface area contributed by atoms with Gasteiger partial charge < -0.3 is 4.98 Å². The van der Waals surface area contributed by atoms with Gasteiger partial charge in [0, 0.05) is 11.7 Å². The number of hydrogen-bond donors (Lipinski definition) is 3. The summed E-state index contributed by atoms with van der Waals surface area (Å²) in [6, 6.07) is 7.91. The number of nitrogens with one attached hydrogen (secondary N) is 2. The van der Waals surface area contributed by atoms with E-state index in [1.54, 1.807) is 11.8 Å². The first-order valence-electron chi connectivity index (χ1n) is 5.80. The van der Waals surface area contributed by atoms with Crippen molar-refractivity contribution in [2.24, 2.45) is 5.84 Å². The molecule has 0 radical (unpaired) electrons. The minimum atomic E-state index is -0.132. The zero-order valence-electron chi connectivity index (χ0n) is 10.1. The topological polar surface area (TPSA) is 83.8 Å². The van der Waals surface area contributed by atoms with Crippen LogP contribution in [-0.4, -0.2) is 21.1 Å². The number of benzene rings is 1. The van der Waals surface area contributed by atoms with Crippen LogP contribution in [0.4, 0.5) is 0 Å². The first kappa shape index (κ1) is 12.9. The summed E-state index contributed by atoms with van der Waals surface area (Å²) >= 11 is 1.63. The van der Waals surface area contributed by atoms with Gasteiger partial charge >= 0.3 is 0 Å². The van der Waals surface area contributed by atoms with Crippen molar-refractivity contribution in [2.45, 2.75) is 30.2 Å². The van der Waals surface area contributed by atoms with Gasteiger partial charge in [0.2, 0.25) is 5.91 Å². The molecule has 18 heavy (non-hydrogen) atoms. The summed E-state index contributed by atoms with van der Waals surface area (Å²) in [5.74, 6) is 4.90. The molecule has 1 heterocycles. The van der Waals surface area contributed by atoms with Crippen molar-refractivity contribution in [1.29, 1.82) is 0 Å². The molecule has 5 nitrogen and oxygen atoms in total. The van der Waals surface area contributed by atoms with Crippen LogP contribution >= 0.6 is 11.8 Å². The largest absolute Gasteiger partial charge is 0.333 e. The highest BCUT2D eigenvalue weighted by Gasteiger charge is 2.10. The lowest BCUT2D eigenvalue weighted by molar-refractivity contribution is -0.121. The Kier molecular flexibility index (Phi) is 4.22. The van der Waals surface area contributed by atoms with E-state index in [1.807, 2.05) is 24.3 Å². The summed E-state index contributed by atoms with van der Waals surface area (Å²) in [5.41, 5.74) is 4.13. The number of nitrogens with zero attached hydrogens (tertiary/aromatic N) is 1. The van der Waals surface area contributed by atoms with Crippen LogP contribution in [0.5, 0.6) is 0 Å². The predicted octanol–water partition coefficient (Wildman–Crippen LogP) is 1.81. The Balaban J connectivity index is 1.94. The maximum Gasteiger partial charge on any atom is 0.233 e. The number of aromatic nitrogens is 2. The van der Waals surface area contributed by atoms with Gasteiger partial charge in [0.25, 0.3) is 0 Å². The third kappa shape index (κ3) is 3.24. The van der Waals surface area contributed by atoms with Gasteiger partial charge in [-0.2, -0.15) is 0 Å². The first-order chi connectivity index (χ1) is 8.69. The SMILES string of the molecule is CC(CCC(=O)NN)Sc1nc2ccccc2[nH]1. The lowest BCUT2D eigenvalue weighted by Gasteiger charge is -2.07. The Morgan fingerprint density at radius 3 is 3.06 bits per heavy atom. The molecule has 0 fully saturated rings. The van der Waals surface area contributed by atoms with Crippen molar-refractivity contribution in [3.05, 3.63) is 24.3 Å². The number of H-pyrrole nitrogens is 1. The number of fused-ring (bicyclic) bond motifs is 1. The molecule has 2 rings (SSSR count). The molecular weight excluding hydrogens is 248 g/mol. The van der Waals surface area contributed by atoms with Crippen LogP contribution < -0.4 is 11.3 Å². The van der Waals surface area contributed by atoms with Crippen molar-refractivity contribution < 1.29 is 4.79 Å². The Hall–Kier alpha value is -1.53. The number of para-hydroxylation sites is 2. The first-order valence-corrected chi connectivity index (χ1v) is 6.68. The number of imidazole rings is 1. The van der Waals surface area contributed by atoms with Gasteiger partial charge in [-0.05, 0) is 18.6 Å². The molecule has 0 aliphatic carbocycles. The number of rotatable bonds is 5. The number of thioether (sulfide) groups is 1. The summed E-state index contributed by atoms with van der Waals surface area (Å²) in [4.78, 5) is 18.8. The van der Waals surface area contributed by atoms with Gasteiger partial charge in [0.1, 0.15) is 0 Å². The molecule has 4 N–H and O–H groups in total. The van der Waals surface area contributed by atoms with E-state index in [4.69, 9.17) is 5.84 Å². The molecule has 0 aliphatic rings. The Labute approximate surface area is 110 Å². The average molecular weight is 264 g/mol. The molecule has 0 bridgehead atoms. The van der Waals surface area contributed by atoms with Crippen LogP contribution in [-0.2, 0) is 4.79 Å². The monoisotopic (exact) mass is 264 g/mol. The summed E-state index contributed by atoms with van der Waals surface area (Å²) in [6.07, 6.45) is 1.20. The Morgan fingerprint density at radius 1 is 1.56 bits per heavy atom. The molecule has 1 aromatic carbocycles. The van der Waals surface area contributed by atoms with E-state index in [-0.39, 0.29) is 5.91 Å². The van der Waals surface area contributed by atoms with Gasteiger partial charge in [0.05, 0.1) is 11.0 Å². The number of hydrogen-bond acceptors (Lipinski definition) is 4. The van der Waals surface area contributed by atoms with Crippen LogP contribution in [0.1, 0.15) is 19.8 Å². The molecule has 2 aromatic rings. The van der Waals surface area contributed by atoms with Gasteiger partial charge in [-0.15, -0.1) is 0 Å². The number of carbonyl (C=O) groups is 1. The standard InChI is InChI=1S/C12H16N4OS/c1-8(6-7-11(17)16-13)18-12-14-9-4-2-3-5-10(9)15-12/h2-5,8H,6-7,13H2,1H3,(H,14,15)(H,16,17). The highest BCUT2D eigenvalue weighted by atomic mass is 32.2. The van der Waals surface area contributed by atoms with Gasteiger partial charge in [-0.1, -0.05) is 30.8 Å². The van der Waals surface area contributed by atoms with E-state index >= 15 is 0 Å². The molecule has 96 valence electrons. The second-order valence-electron chi connectivity index (χ2n) is 4.09. The molecule has 0 spiro atoms. The van der Waals surface area contributed by atoms with Gasteiger partial charge in [0.15, 0.2) is 5.16 Å². The van der Waals surface area contributed by atoms with Gasteiger partial charge in [-0.25, -0.2) is 10.8 Å². The molecular formula is C12H16N4OS. The van der Waals surface area contributed by atoms with Crippen LogP contribution in [0.15, 0.2) is 29.4 Å². The van der Waals surface area contributed by atoms with Gasteiger partial charge in [-0.3, -0.25) is 10.2 Å². The van der Waals surface area contributed by atoms with Crippen molar-refractivity contribution in [3.8, 4) is 0 Å². The molecule has 0 saturated heterocycles. The minimum Gasteiger partial charge on any atom is -0.333 e. The van der Waals surface area contributed by atoms with Crippen molar-refractivity contribution in [1.82, 2.24) is 15.4 Å². The third-order valence-corrected chi connectivity index (χ3v) is 3.67. The fraction of sp³-hybridized carbons (Fsp3) is 0.333.